The van der Waals surface area contributed by atoms with Crippen LogP contribution >= 0.6 is 0 Å². The Kier molecular flexibility index (Phi) is 6.60. The Morgan fingerprint density at radius 2 is 2.19 bits per heavy atom. The molecule has 1 amide bonds. The van der Waals surface area contributed by atoms with E-state index in [0.29, 0.717) is 18.3 Å². The van der Waals surface area contributed by atoms with Gasteiger partial charge >= 0.3 is 0 Å². The fourth-order valence-electron chi connectivity index (χ4n) is 3.65. The molecule has 8 nitrogen and oxygen atoms in total. The van der Waals surface area contributed by atoms with E-state index in [1.54, 1.807) is 10.9 Å². The van der Waals surface area contributed by atoms with E-state index in [0.717, 1.165) is 49.4 Å². The second-order valence-corrected chi connectivity index (χ2v) is 7.36. The summed E-state index contributed by atoms with van der Waals surface area (Å²) in [6.45, 7) is 9.39. The highest BCUT2D eigenvalue weighted by Gasteiger charge is 2.16. The van der Waals surface area contributed by atoms with Crippen LogP contribution < -0.4 is 10.6 Å². The highest BCUT2D eigenvalue weighted by Crippen LogP contribution is 2.14. The van der Waals surface area contributed by atoms with Gasteiger partial charge in [-0.2, -0.15) is 5.10 Å². The molecule has 2 aromatic rings. The predicted molar refractivity (Wildman–Crippen MR) is 103 cm³/mol. The molecule has 0 bridgehead atoms. The van der Waals surface area contributed by atoms with Crippen LogP contribution in [0.3, 0.4) is 0 Å². The third-order valence-electron chi connectivity index (χ3n) is 5.28. The van der Waals surface area contributed by atoms with Crippen molar-refractivity contribution < 1.29 is 4.79 Å². The molecule has 1 aliphatic heterocycles. The van der Waals surface area contributed by atoms with E-state index in [9.17, 15) is 4.79 Å². The van der Waals surface area contributed by atoms with Crippen LogP contribution in [0.25, 0.3) is 0 Å². The Labute approximate surface area is 160 Å². The van der Waals surface area contributed by atoms with Crippen LogP contribution in [-0.2, 0) is 19.6 Å². The number of piperidine rings is 1. The van der Waals surface area contributed by atoms with Gasteiger partial charge in [0.2, 0.25) is 0 Å². The van der Waals surface area contributed by atoms with Gasteiger partial charge in [0.15, 0.2) is 5.69 Å². The fourth-order valence-corrected chi connectivity index (χ4v) is 3.65. The molecule has 1 saturated heterocycles. The van der Waals surface area contributed by atoms with E-state index in [2.05, 4.69) is 33.0 Å². The number of carbonyl (C=O) groups excluding carboxylic acids is 1. The van der Waals surface area contributed by atoms with Crippen molar-refractivity contribution in [1.29, 1.82) is 0 Å². The van der Waals surface area contributed by atoms with E-state index < -0.39 is 0 Å². The van der Waals surface area contributed by atoms with Crippen LogP contribution in [0.15, 0.2) is 6.20 Å². The second-order valence-electron chi connectivity index (χ2n) is 7.36. The van der Waals surface area contributed by atoms with Crippen molar-refractivity contribution in [3.8, 4) is 0 Å². The molecule has 0 saturated carbocycles. The molecule has 8 heteroatoms. The minimum atomic E-state index is -0.195. The Hall–Kier alpha value is -2.22. The number of hydrogen-bond acceptors (Lipinski definition) is 5. The minimum absolute atomic E-state index is 0.195. The molecule has 0 aliphatic carbocycles. The Balaban J connectivity index is 1.52. The summed E-state index contributed by atoms with van der Waals surface area (Å²) in [5.41, 5.74) is 3.51. The molecule has 0 radical (unpaired) electrons. The van der Waals surface area contributed by atoms with Gasteiger partial charge in [-0.05, 0) is 46.1 Å². The lowest BCUT2D eigenvalue weighted by Crippen LogP contribution is -2.34. The van der Waals surface area contributed by atoms with Gasteiger partial charge < -0.3 is 10.6 Å². The standard InChI is InChI=1S/C19H31N7O/c1-4-10-26-15(3)17(14(2)23-26)12-21-19(27)18-13-25(24-22-18)11-8-16-7-5-6-9-20-16/h13,16,20H,4-12H2,1-3H3,(H,21,27). The average molecular weight is 374 g/mol. The van der Waals surface area contributed by atoms with Gasteiger partial charge in [-0.25, -0.2) is 0 Å². The maximum absolute atomic E-state index is 12.4. The van der Waals surface area contributed by atoms with Gasteiger partial charge in [0.05, 0.1) is 11.9 Å². The topological polar surface area (TPSA) is 89.7 Å². The summed E-state index contributed by atoms with van der Waals surface area (Å²) in [6.07, 6.45) is 7.55. The van der Waals surface area contributed by atoms with Gasteiger partial charge in [0.1, 0.15) is 0 Å². The Morgan fingerprint density at radius 3 is 2.93 bits per heavy atom. The number of nitrogens with one attached hydrogen (secondary N) is 2. The zero-order valence-electron chi connectivity index (χ0n) is 16.7. The van der Waals surface area contributed by atoms with Crippen LogP contribution in [0.4, 0.5) is 0 Å². The minimum Gasteiger partial charge on any atom is -0.346 e. The number of amides is 1. The van der Waals surface area contributed by atoms with Gasteiger partial charge in [0.25, 0.3) is 5.91 Å². The molecule has 0 aromatic carbocycles. The molecule has 148 valence electrons. The number of rotatable bonds is 8. The molecule has 1 fully saturated rings. The molecule has 0 spiro atoms. The van der Waals surface area contributed by atoms with Crippen molar-refractivity contribution in [2.75, 3.05) is 6.54 Å². The largest absolute Gasteiger partial charge is 0.346 e. The van der Waals surface area contributed by atoms with Gasteiger partial charge in [0, 0.05) is 36.9 Å². The summed E-state index contributed by atoms with van der Waals surface area (Å²) in [6, 6.07) is 0.547. The van der Waals surface area contributed by atoms with E-state index in [-0.39, 0.29) is 5.91 Å². The molecule has 2 aromatic heterocycles. The van der Waals surface area contributed by atoms with E-state index >= 15 is 0 Å². The third kappa shape index (κ3) is 4.94. The van der Waals surface area contributed by atoms with Crippen LogP contribution in [0, 0.1) is 13.8 Å². The van der Waals surface area contributed by atoms with Gasteiger partial charge in [-0.3, -0.25) is 14.2 Å². The van der Waals surface area contributed by atoms with Crippen LogP contribution in [0.2, 0.25) is 0 Å². The zero-order chi connectivity index (χ0) is 19.2. The molecule has 1 aliphatic rings. The molecule has 3 heterocycles. The predicted octanol–water partition coefficient (Wildman–Crippen LogP) is 1.96. The summed E-state index contributed by atoms with van der Waals surface area (Å²) >= 11 is 0. The zero-order valence-corrected chi connectivity index (χ0v) is 16.7. The number of hydrogen-bond donors (Lipinski definition) is 2. The highest BCUT2D eigenvalue weighted by atomic mass is 16.2. The molecule has 27 heavy (non-hydrogen) atoms. The molecule has 3 rings (SSSR count). The molecular formula is C19H31N7O. The Bertz CT molecular complexity index is 758. The smallest absolute Gasteiger partial charge is 0.273 e. The third-order valence-corrected chi connectivity index (χ3v) is 5.28. The lowest BCUT2D eigenvalue weighted by Gasteiger charge is -2.23. The number of aromatic nitrogens is 5. The summed E-state index contributed by atoms with van der Waals surface area (Å²) < 4.78 is 3.77. The lowest BCUT2D eigenvalue weighted by atomic mass is 10.0. The normalized spacial score (nSPS) is 17.2. The molecule has 1 atom stereocenters. The average Bonchev–Trinajstić information content (AvgIpc) is 3.25. The van der Waals surface area contributed by atoms with Crippen molar-refractivity contribution in [2.45, 2.75) is 78.6 Å². The van der Waals surface area contributed by atoms with Crippen LogP contribution in [0.5, 0.6) is 0 Å². The van der Waals surface area contributed by atoms with Crippen molar-refractivity contribution in [1.82, 2.24) is 35.4 Å². The first-order valence-electron chi connectivity index (χ1n) is 10.0. The SMILES string of the molecule is CCCn1nc(C)c(CNC(=O)c2cn(CCC3CCCCN3)nn2)c1C. The highest BCUT2D eigenvalue weighted by molar-refractivity contribution is 5.91. The lowest BCUT2D eigenvalue weighted by molar-refractivity contribution is 0.0945. The first-order valence-corrected chi connectivity index (χ1v) is 10.0. The summed E-state index contributed by atoms with van der Waals surface area (Å²) in [4.78, 5) is 12.4. The van der Waals surface area contributed by atoms with E-state index in [1.807, 2.05) is 18.5 Å². The Morgan fingerprint density at radius 1 is 1.33 bits per heavy atom. The number of aryl methyl sites for hydroxylation is 3. The quantitative estimate of drug-likeness (QED) is 0.738. The molecule has 1 unspecified atom stereocenters. The van der Waals surface area contributed by atoms with Crippen molar-refractivity contribution in [2.24, 2.45) is 0 Å². The second kappa shape index (κ2) is 9.12. The van der Waals surface area contributed by atoms with Crippen molar-refractivity contribution >= 4 is 5.91 Å². The maximum atomic E-state index is 12.4. The number of nitrogens with zero attached hydrogens (tertiary/aromatic N) is 5. The maximum Gasteiger partial charge on any atom is 0.273 e. The fraction of sp³-hybridized carbons (Fsp3) is 0.684. The molecular weight excluding hydrogens is 342 g/mol. The van der Waals surface area contributed by atoms with E-state index in [4.69, 9.17) is 0 Å². The van der Waals surface area contributed by atoms with Crippen LogP contribution in [0.1, 0.15) is 66.5 Å². The number of carbonyl (C=O) groups is 1. The summed E-state index contributed by atoms with van der Waals surface area (Å²) in [5, 5.41) is 19.2. The van der Waals surface area contributed by atoms with Crippen molar-refractivity contribution in [3.05, 3.63) is 28.8 Å². The van der Waals surface area contributed by atoms with Crippen LogP contribution in [-0.4, -0.2) is 43.3 Å². The first kappa shape index (κ1) is 19.5. The van der Waals surface area contributed by atoms with Gasteiger partial charge in [-0.15, -0.1) is 5.10 Å². The van der Waals surface area contributed by atoms with E-state index in [1.165, 1.54) is 19.3 Å². The van der Waals surface area contributed by atoms with Crippen molar-refractivity contribution in [3.63, 3.8) is 0 Å². The first-order chi connectivity index (χ1) is 13.1. The summed E-state index contributed by atoms with van der Waals surface area (Å²) in [5.74, 6) is -0.195. The molecule has 2 N–H and O–H groups in total. The summed E-state index contributed by atoms with van der Waals surface area (Å²) in [7, 11) is 0. The van der Waals surface area contributed by atoms with Gasteiger partial charge in [-0.1, -0.05) is 18.6 Å². The monoisotopic (exact) mass is 373 g/mol.